The van der Waals surface area contributed by atoms with Gasteiger partial charge in [0.25, 0.3) is 0 Å². The molecule has 0 aliphatic carbocycles. The van der Waals surface area contributed by atoms with Crippen molar-refractivity contribution in [1.82, 2.24) is 0 Å². The summed E-state index contributed by atoms with van der Waals surface area (Å²) in [5.41, 5.74) is 0. The first-order valence-electron chi connectivity index (χ1n) is 8.38. The molecule has 10 heteroatoms. The number of hydrogen-bond donors (Lipinski definition) is 0. The Kier molecular flexibility index (Phi) is 13.4. The van der Waals surface area contributed by atoms with E-state index in [1.807, 2.05) is 0 Å². The van der Waals surface area contributed by atoms with Gasteiger partial charge in [-0.15, -0.1) is 0 Å². The van der Waals surface area contributed by atoms with Crippen molar-refractivity contribution in [2.45, 2.75) is 78.6 Å². The SMILES string of the molecule is C[SiH](C)O[Si](C)(C)O[SiH](C)C.C[SiH](C)O[Si](C)(C)O[SiH](C)C. The second kappa shape index (κ2) is 11.7. The van der Waals surface area contributed by atoms with E-state index in [0.29, 0.717) is 0 Å². The third-order valence-electron chi connectivity index (χ3n) is 2.08. The Bertz CT molecular complexity index is 233. The molecule has 0 aliphatic rings. The maximum atomic E-state index is 5.84. The van der Waals surface area contributed by atoms with Crippen molar-refractivity contribution < 1.29 is 16.5 Å². The quantitative estimate of drug-likeness (QED) is 0.568. The third-order valence-corrected chi connectivity index (χ3v) is 18.7. The first kappa shape index (κ1) is 25.4. The van der Waals surface area contributed by atoms with E-state index in [9.17, 15) is 0 Å². The Labute approximate surface area is 148 Å². The van der Waals surface area contributed by atoms with Crippen LogP contribution in [-0.2, 0) is 16.5 Å². The van der Waals surface area contributed by atoms with E-state index in [4.69, 9.17) is 16.5 Å². The van der Waals surface area contributed by atoms with Gasteiger partial charge in [-0.2, -0.15) is 0 Å². The standard InChI is InChI=1S/2C6H20O2Si3/c2*1-9(2)7-11(5,6)8-10(3)4/h2*9-10H,1-6H3. The van der Waals surface area contributed by atoms with Crippen LogP contribution in [0.4, 0.5) is 0 Å². The van der Waals surface area contributed by atoms with Crippen LogP contribution in [0.1, 0.15) is 0 Å². The molecule has 4 nitrogen and oxygen atoms in total. The van der Waals surface area contributed by atoms with E-state index in [1.165, 1.54) is 0 Å². The molecule has 0 fully saturated rings. The fourth-order valence-corrected chi connectivity index (χ4v) is 21.9. The van der Waals surface area contributed by atoms with Gasteiger partial charge in [0.05, 0.1) is 0 Å². The van der Waals surface area contributed by atoms with Crippen molar-refractivity contribution in [2.75, 3.05) is 0 Å². The minimum atomic E-state index is -1.71. The molecule has 0 spiro atoms. The van der Waals surface area contributed by atoms with Crippen LogP contribution in [0.5, 0.6) is 0 Å². The van der Waals surface area contributed by atoms with E-state index < -0.39 is 53.3 Å². The van der Waals surface area contributed by atoms with Crippen LogP contribution in [-0.4, -0.2) is 53.3 Å². The van der Waals surface area contributed by atoms with Crippen LogP contribution in [0, 0.1) is 0 Å². The highest BCUT2D eigenvalue weighted by Crippen LogP contribution is 2.10. The molecule has 0 aromatic carbocycles. The van der Waals surface area contributed by atoms with Gasteiger partial charge in [-0.1, -0.05) is 0 Å². The van der Waals surface area contributed by atoms with Crippen molar-refractivity contribution in [3.05, 3.63) is 0 Å². The molecule has 0 amide bonds. The van der Waals surface area contributed by atoms with Gasteiger partial charge < -0.3 is 16.5 Å². The van der Waals surface area contributed by atoms with Crippen LogP contribution in [0.15, 0.2) is 0 Å². The largest absolute Gasteiger partial charge is 0.440 e. The van der Waals surface area contributed by atoms with Crippen molar-refractivity contribution in [3.8, 4) is 0 Å². The second-order valence-electron chi connectivity index (χ2n) is 7.47. The Morgan fingerprint density at radius 2 is 0.545 bits per heavy atom. The molecular weight excluding hydrogens is 377 g/mol. The zero-order valence-electron chi connectivity index (χ0n) is 16.9. The maximum Gasteiger partial charge on any atom is 0.310 e. The second-order valence-corrected chi connectivity index (χ2v) is 25.2. The van der Waals surface area contributed by atoms with Crippen LogP contribution in [0.2, 0.25) is 78.6 Å². The van der Waals surface area contributed by atoms with E-state index in [-0.39, 0.29) is 0 Å². The fraction of sp³-hybridized carbons (Fsp3) is 1.00. The van der Waals surface area contributed by atoms with Crippen molar-refractivity contribution >= 4 is 53.3 Å². The van der Waals surface area contributed by atoms with E-state index in [2.05, 4.69) is 78.6 Å². The Morgan fingerprint density at radius 1 is 0.409 bits per heavy atom. The van der Waals surface area contributed by atoms with Gasteiger partial charge in [-0.3, -0.25) is 0 Å². The van der Waals surface area contributed by atoms with E-state index in [1.54, 1.807) is 0 Å². The van der Waals surface area contributed by atoms with Crippen LogP contribution in [0.25, 0.3) is 0 Å². The summed E-state index contributed by atoms with van der Waals surface area (Å²) in [6.07, 6.45) is 0. The summed E-state index contributed by atoms with van der Waals surface area (Å²) in [7, 11) is -6.99. The molecule has 0 heterocycles. The molecule has 0 aromatic rings. The van der Waals surface area contributed by atoms with Crippen molar-refractivity contribution in [2.24, 2.45) is 0 Å². The van der Waals surface area contributed by atoms with Gasteiger partial charge in [-0.25, -0.2) is 0 Å². The fourth-order valence-electron chi connectivity index (χ4n) is 2.33. The molecule has 22 heavy (non-hydrogen) atoms. The first-order valence-corrected chi connectivity index (χ1v) is 25.1. The van der Waals surface area contributed by atoms with Crippen LogP contribution < -0.4 is 0 Å². The minimum Gasteiger partial charge on any atom is -0.440 e. The molecule has 0 aromatic heterocycles. The molecular formula is C12H40O4Si6. The predicted molar refractivity (Wildman–Crippen MR) is 115 cm³/mol. The average molecular weight is 417 g/mol. The van der Waals surface area contributed by atoms with Gasteiger partial charge in [0.15, 0.2) is 36.2 Å². The number of rotatable bonds is 8. The van der Waals surface area contributed by atoms with Crippen LogP contribution in [0.3, 0.4) is 0 Å². The minimum absolute atomic E-state index is 0.895. The lowest BCUT2D eigenvalue weighted by Gasteiger charge is -2.27. The maximum absolute atomic E-state index is 5.84. The monoisotopic (exact) mass is 416 g/mol. The summed E-state index contributed by atoms with van der Waals surface area (Å²) in [6.45, 7) is 26.1. The van der Waals surface area contributed by atoms with Crippen LogP contribution >= 0.6 is 0 Å². The lowest BCUT2D eigenvalue weighted by molar-refractivity contribution is 0.413. The highest BCUT2D eigenvalue weighted by atomic mass is 28.5. The van der Waals surface area contributed by atoms with Gasteiger partial charge in [0.2, 0.25) is 0 Å². The zero-order chi connectivity index (χ0) is 18.1. The van der Waals surface area contributed by atoms with Gasteiger partial charge in [0.1, 0.15) is 0 Å². The molecule has 0 N–H and O–H groups in total. The number of hydrogen-bond acceptors (Lipinski definition) is 4. The Balaban J connectivity index is 0. The molecule has 0 atom stereocenters. The Hall–Kier alpha value is 1.14. The van der Waals surface area contributed by atoms with E-state index in [0.717, 1.165) is 0 Å². The summed E-state index contributed by atoms with van der Waals surface area (Å²) in [4.78, 5) is 0. The summed E-state index contributed by atoms with van der Waals surface area (Å²) in [6, 6.07) is 0. The predicted octanol–water partition coefficient (Wildman–Crippen LogP) is 3.38. The van der Waals surface area contributed by atoms with Crippen molar-refractivity contribution in [1.29, 1.82) is 0 Å². The first-order chi connectivity index (χ1) is 9.67. The highest BCUT2D eigenvalue weighted by Gasteiger charge is 2.27. The molecule has 0 saturated carbocycles. The third kappa shape index (κ3) is 19.2. The zero-order valence-corrected chi connectivity index (χ0v) is 23.6. The smallest absolute Gasteiger partial charge is 0.310 e. The van der Waals surface area contributed by atoms with Crippen molar-refractivity contribution in [3.63, 3.8) is 0 Å². The summed E-state index contributed by atoms with van der Waals surface area (Å²) in [5.74, 6) is 0. The summed E-state index contributed by atoms with van der Waals surface area (Å²) in [5, 5.41) is 0. The average Bonchev–Trinajstić information content (AvgIpc) is 2.06. The topological polar surface area (TPSA) is 36.9 Å². The summed E-state index contributed by atoms with van der Waals surface area (Å²) >= 11 is 0. The Morgan fingerprint density at radius 3 is 0.636 bits per heavy atom. The van der Waals surface area contributed by atoms with Gasteiger partial charge in [-0.05, 0) is 78.6 Å². The van der Waals surface area contributed by atoms with E-state index >= 15 is 0 Å². The molecule has 0 radical (unpaired) electrons. The molecule has 0 unspecified atom stereocenters. The summed E-state index contributed by atoms with van der Waals surface area (Å²) < 4.78 is 23.4. The highest BCUT2D eigenvalue weighted by molar-refractivity contribution is 6.78. The van der Waals surface area contributed by atoms with Gasteiger partial charge >= 0.3 is 17.1 Å². The molecule has 136 valence electrons. The lowest BCUT2D eigenvalue weighted by Crippen LogP contribution is -2.42. The molecule has 0 rings (SSSR count). The van der Waals surface area contributed by atoms with Gasteiger partial charge in [0, 0.05) is 0 Å². The molecule has 0 bridgehead atoms. The lowest BCUT2D eigenvalue weighted by atomic mass is 11.9. The normalized spacial score (nSPS) is 13.1. The molecule has 0 aliphatic heterocycles. The molecule has 0 saturated heterocycles.